The number of aryl methyl sites for hydroxylation is 4. The molecule has 1 aliphatic rings. The normalized spacial score (nSPS) is 12.9. The van der Waals surface area contributed by atoms with E-state index in [4.69, 9.17) is 115 Å². The van der Waals surface area contributed by atoms with Gasteiger partial charge < -0.3 is 75.4 Å². The molecule has 4 aromatic heterocycles. The summed E-state index contributed by atoms with van der Waals surface area (Å²) in [6, 6.07) is 45.2. The first-order chi connectivity index (χ1) is 71.0. The number of hydrogen-bond acceptors (Lipinski definition) is 26. The molecule has 5 atom stereocenters. The van der Waals surface area contributed by atoms with E-state index in [1.165, 1.54) is 120 Å². The van der Waals surface area contributed by atoms with Crippen molar-refractivity contribution in [1.29, 1.82) is 0 Å². The van der Waals surface area contributed by atoms with Crippen molar-refractivity contribution in [3.63, 3.8) is 0 Å². The van der Waals surface area contributed by atoms with E-state index in [1.54, 1.807) is 141 Å². The monoisotopic (exact) mass is 2200 g/mol. The number of nitrogens with one attached hydrogen (secondary N) is 4. The Morgan fingerprint density at radius 1 is 0.423 bits per heavy atom. The third-order valence-electron chi connectivity index (χ3n) is 22.8. The number of aliphatic hydroxyl groups is 2. The van der Waals surface area contributed by atoms with Gasteiger partial charge in [0.05, 0.1) is 143 Å². The Morgan fingerprint density at radius 2 is 0.772 bits per heavy atom. The van der Waals surface area contributed by atoms with E-state index in [0.717, 1.165) is 37.9 Å². The van der Waals surface area contributed by atoms with Crippen LogP contribution in [0.15, 0.2) is 243 Å². The van der Waals surface area contributed by atoms with Crippen molar-refractivity contribution in [3.8, 4) is 72.9 Å². The second-order valence-corrected chi connectivity index (χ2v) is 38.2. The number of aromatic nitrogens is 8. The number of esters is 1. The van der Waals surface area contributed by atoms with E-state index in [0.29, 0.717) is 83.8 Å². The number of halogens is 8. The zero-order valence-corrected chi connectivity index (χ0v) is 86.4. The van der Waals surface area contributed by atoms with Crippen LogP contribution < -0.4 is 57.7 Å². The van der Waals surface area contributed by atoms with E-state index in [-0.39, 0.29) is 167 Å². The number of carbonyl (C=O) groups excluding carboxylic acids is 5. The Morgan fingerprint density at radius 3 is 1.15 bits per heavy atom. The number of aliphatic carboxylic acids is 3. The molecule has 0 saturated carbocycles. The molecule has 0 radical (unpaired) electrons. The predicted octanol–water partition coefficient (Wildman–Crippen LogP) is 12.2. The molecule has 9 N–H and O–H groups in total. The number of carboxylic acid groups (broad SMARTS) is 3. The Kier molecular flexibility index (Phi) is 41.1. The fourth-order valence-electron chi connectivity index (χ4n) is 15.1. The molecule has 149 heavy (non-hydrogen) atoms. The van der Waals surface area contributed by atoms with Crippen LogP contribution in [0.25, 0.3) is 55.6 Å². The molecule has 46 heteroatoms. The highest BCUT2D eigenvalue weighted by atomic mass is 35.5. The Hall–Kier alpha value is -14.6. The Balaban J connectivity index is 0.000000189. The summed E-state index contributed by atoms with van der Waals surface area (Å²) in [6.45, 7) is 1.47. The van der Waals surface area contributed by atoms with E-state index in [9.17, 15) is 85.7 Å². The zero-order chi connectivity index (χ0) is 108. The van der Waals surface area contributed by atoms with E-state index >= 15 is 0 Å². The highest BCUT2D eigenvalue weighted by molar-refractivity contribution is 7.90. The molecule has 4 amide bonds. The van der Waals surface area contributed by atoms with Crippen molar-refractivity contribution < 1.29 is 100 Å². The van der Waals surface area contributed by atoms with Gasteiger partial charge in [-0.2, -0.15) is 20.4 Å². The minimum absolute atomic E-state index is 0.00439. The molecule has 13 aromatic rings. The molecule has 9 aromatic carbocycles. The molecule has 1 fully saturated rings. The van der Waals surface area contributed by atoms with Crippen molar-refractivity contribution in [2.45, 2.75) is 67.3 Å². The maximum Gasteiger partial charge on any atom is 0.329 e. The predicted molar refractivity (Wildman–Crippen MR) is 556 cm³/mol. The van der Waals surface area contributed by atoms with E-state index < -0.39 is 87.3 Å². The fourth-order valence-corrected chi connectivity index (χ4v) is 17.7. The molecule has 1 saturated heterocycles. The molecule has 1 unspecified atom stereocenters. The summed E-state index contributed by atoms with van der Waals surface area (Å²) in [7, 11) is 6.18. The summed E-state index contributed by atoms with van der Waals surface area (Å²) in [5, 5.41) is 73.6. The van der Waals surface area contributed by atoms with Gasteiger partial charge >= 0.3 is 23.9 Å². The minimum Gasteiger partial charge on any atom is -0.494 e. The molecule has 0 spiro atoms. The molecule has 37 nitrogen and oxygen atoms in total. The van der Waals surface area contributed by atoms with Gasteiger partial charge in [-0.1, -0.05) is 209 Å². The van der Waals surface area contributed by atoms with Gasteiger partial charge in [0.15, 0.2) is 27.1 Å². The molecule has 780 valence electrons. The van der Waals surface area contributed by atoms with Crippen LogP contribution in [0.1, 0.15) is 70.1 Å². The Labute approximate surface area is 885 Å². The molecule has 0 bridgehead atoms. The number of benzene rings is 9. The number of amides is 4. The maximum atomic E-state index is 13.6. The van der Waals surface area contributed by atoms with E-state index in [2.05, 4.69) is 46.6 Å². The summed E-state index contributed by atoms with van der Waals surface area (Å²) >= 11 is 42.5. The number of hydrogen-bond donors (Lipinski definition) is 9. The number of carbonyl (C=O) groups is 8. The van der Waals surface area contributed by atoms with Crippen LogP contribution in [0.2, 0.25) is 35.2 Å². The number of carboxylic acids is 3. The van der Waals surface area contributed by atoms with Gasteiger partial charge in [-0.05, 0) is 130 Å². The second-order valence-electron chi connectivity index (χ2n) is 33.3. The van der Waals surface area contributed by atoms with Crippen molar-refractivity contribution >= 4 is 139 Å². The van der Waals surface area contributed by atoms with Crippen molar-refractivity contribution in [2.24, 2.45) is 28.2 Å². The first-order valence-corrected chi connectivity index (χ1v) is 49.6. The number of rotatable bonds is 37. The van der Waals surface area contributed by atoms with Crippen LogP contribution in [0, 0.1) is 5.82 Å². The average Bonchev–Trinajstić information content (AvgIpc) is 1.65. The van der Waals surface area contributed by atoms with Gasteiger partial charge in [0, 0.05) is 78.8 Å². The lowest BCUT2D eigenvalue weighted by molar-refractivity contribution is -0.147. The molecule has 14 rings (SSSR count). The number of likely N-dealkylation sites (tertiary alicyclic amines) is 1. The quantitative estimate of drug-likeness (QED) is 0.0129. The van der Waals surface area contributed by atoms with Gasteiger partial charge in [0.25, 0.3) is 45.9 Å². The lowest BCUT2D eigenvalue weighted by Gasteiger charge is -2.18. The molecule has 0 aliphatic carbocycles. The summed E-state index contributed by atoms with van der Waals surface area (Å²) < 4.78 is 69.3. The smallest absolute Gasteiger partial charge is 0.329 e. The molecular formula is C103H97Cl7FN13O24S. The van der Waals surface area contributed by atoms with Crippen molar-refractivity contribution in [1.82, 2.24) is 65.3 Å². The van der Waals surface area contributed by atoms with Crippen LogP contribution in [0.3, 0.4) is 0 Å². The SMILES string of the molecule is CN1CCC(Oc2cnn(C)c(=O)c2-c2ccc(C[C@H](NC(=O)c3c(Cl)cccc3Cl)C(=O)O)cc2)C1.COc1cnn(C)c(=O)c1-c1ccc(C[C@H](NC(=O)c2cc(F)ccc2Cl)C(=O)OCCO)cc1.Cn1ncc(-c2ccc(S(C)(=O)=O)cc2)c(-c2ccc(C[C@H](NC(=O)c3c(Cl)cccc3Cl)C(=O)O)cc2)c1=O.Cn1ncc(OCCOCCO)c(-c2ccc(C[C@H](NC(=O)c3c(Cl)cccc3Cl)C(=O)O)cc2)c1=O. The van der Waals surface area contributed by atoms with Gasteiger partial charge in [0.1, 0.15) is 49.3 Å². The molecular weight excluding hydrogens is 2100 g/mol. The van der Waals surface area contributed by atoms with Crippen molar-refractivity contribution in [2.75, 3.05) is 73.1 Å². The van der Waals surface area contributed by atoms with Gasteiger partial charge in [-0.25, -0.2) is 50.7 Å². The fraction of sp³-hybridized carbons (Fsp3) is 0.243. The number of aliphatic hydroxyl groups excluding tert-OH is 2. The summed E-state index contributed by atoms with van der Waals surface area (Å²) in [5.74, 6) is -7.02. The lowest BCUT2D eigenvalue weighted by Crippen LogP contribution is -2.43. The summed E-state index contributed by atoms with van der Waals surface area (Å²) in [4.78, 5) is 153. The second kappa shape index (κ2) is 53.3. The zero-order valence-electron chi connectivity index (χ0n) is 80.3. The molecule has 5 heterocycles. The maximum absolute atomic E-state index is 13.6. The van der Waals surface area contributed by atoms with Crippen molar-refractivity contribution in [3.05, 3.63) is 346 Å². The highest BCUT2D eigenvalue weighted by Crippen LogP contribution is 2.36. The third kappa shape index (κ3) is 30.6. The van der Waals surface area contributed by atoms with Gasteiger partial charge in [-0.3, -0.25) is 38.4 Å². The number of methoxy groups -OCH3 is 1. The van der Waals surface area contributed by atoms with Crippen LogP contribution in [-0.4, -0.2) is 229 Å². The van der Waals surface area contributed by atoms with Crippen LogP contribution in [-0.2, 0) is 92.4 Å². The summed E-state index contributed by atoms with van der Waals surface area (Å²) in [5.41, 5.74) is 5.64. The lowest BCUT2D eigenvalue weighted by atomic mass is 9.95. The first-order valence-electron chi connectivity index (χ1n) is 45.1. The van der Waals surface area contributed by atoms with E-state index in [1.807, 2.05) is 7.05 Å². The number of ether oxygens (including phenoxy) is 5. The number of nitrogens with zero attached hydrogens (tertiary/aromatic N) is 9. The number of likely N-dealkylation sites (N-methyl/N-ethyl adjacent to an activating group) is 1. The van der Waals surface area contributed by atoms with Gasteiger partial charge in [0.2, 0.25) is 0 Å². The standard InChI is InChI=1S/C28H23Cl2N3O6S.C26H26Cl2N4O5.C25H25Cl2N3O7.C24H23ClFN3O6/c1-33-27(35)24(20(15-31-33)17-10-12-19(13-11-17)40(2,38)39)18-8-6-16(7-9-18)14-23(28(36)37)32-26(34)25-21(29)4-3-5-22(25)30;1-31-11-10-17(14-31)37-21-13-29-32(2)25(34)22(21)16-8-6-15(7-9-16)12-20(26(35)36)30-24(33)23-18(27)4-3-5-19(23)28;1-30-24(33)21(20(14-28-30)37-12-11-36-10-9-31)16-7-5-15(6-8-16)13-19(25(34)35)29-23(32)22-17(26)3-2-4-18(22)27;1-29-23(32)21(20(34-2)13-27-29)15-5-3-14(4-6-15)11-19(24(33)35-10-9-30)28-22(31)17-12-16(26)7-8-18(17)25/h3-13,15,23H,14H2,1-2H3,(H,32,34)(H,36,37);3-9,13,17,20H,10-12,14H2,1-2H3,(H,30,33)(H,35,36);2-8,14,19,31H,9-13H2,1H3,(H,29,32)(H,34,35);3-8,12-13,19,30H,9-11H2,1-2H3,(H,28,31)/t23-;17?,20-;2*19-/m0000/s1. The van der Waals surface area contributed by atoms with Crippen LogP contribution in [0.5, 0.6) is 17.2 Å². The largest absolute Gasteiger partial charge is 0.494 e. The summed E-state index contributed by atoms with van der Waals surface area (Å²) in [6.07, 6.45) is 7.81. The third-order valence-corrected chi connectivity index (χ3v) is 26.2. The first kappa shape index (κ1) is 115. The minimum atomic E-state index is -3.39. The Bertz CT molecular complexity index is 7420. The average molecular weight is 2200 g/mol. The highest BCUT2D eigenvalue weighted by Gasteiger charge is 2.32. The van der Waals surface area contributed by atoms with Crippen LogP contribution in [0.4, 0.5) is 4.39 Å². The molecule has 1 aliphatic heterocycles. The topological polar surface area (TPSA) is 509 Å². The number of sulfone groups is 1. The van der Waals surface area contributed by atoms with Gasteiger partial charge in [-0.15, -0.1) is 0 Å². The van der Waals surface area contributed by atoms with Crippen LogP contribution >= 0.6 is 81.2 Å².